The van der Waals surface area contributed by atoms with Crippen molar-refractivity contribution in [3.05, 3.63) is 35.4 Å². The summed E-state index contributed by atoms with van der Waals surface area (Å²) in [6.07, 6.45) is 0. The molecule has 1 rings (SSSR count). The van der Waals surface area contributed by atoms with E-state index in [-0.39, 0.29) is 5.91 Å². The molecule has 0 bridgehead atoms. The summed E-state index contributed by atoms with van der Waals surface area (Å²) < 4.78 is 0. The minimum Gasteiger partial charge on any atom is -0.351 e. The van der Waals surface area contributed by atoms with E-state index in [4.69, 9.17) is 11.5 Å². The van der Waals surface area contributed by atoms with Gasteiger partial charge in [0.25, 0.3) is 5.91 Å². The van der Waals surface area contributed by atoms with Crippen molar-refractivity contribution in [1.82, 2.24) is 15.5 Å². The van der Waals surface area contributed by atoms with E-state index < -0.39 is 0 Å². The predicted molar refractivity (Wildman–Crippen MR) is 100 cm³/mol. The number of carbonyl (C=O) groups is 1. The highest BCUT2D eigenvalue weighted by molar-refractivity contribution is 5.94. The normalized spacial score (nSPS) is 11.2. The molecule has 0 saturated carbocycles. The van der Waals surface area contributed by atoms with E-state index in [9.17, 15) is 4.79 Å². The molecule has 6 nitrogen and oxygen atoms in total. The third-order valence-electron chi connectivity index (χ3n) is 3.92. The van der Waals surface area contributed by atoms with Crippen molar-refractivity contribution in [3.8, 4) is 0 Å². The lowest BCUT2D eigenvalue weighted by atomic mass is 10.0. The summed E-state index contributed by atoms with van der Waals surface area (Å²) in [7, 11) is 0. The summed E-state index contributed by atoms with van der Waals surface area (Å²) in [5.41, 5.74) is 13.1. The molecule has 136 valence electrons. The molecular weight excluding hydrogens is 302 g/mol. The van der Waals surface area contributed by atoms with Crippen LogP contribution < -0.4 is 22.1 Å². The van der Waals surface area contributed by atoms with E-state index in [2.05, 4.69) is 29.4 Å². The molecule has 24 heavy (non-hydrogen) atoms. The Bertz CT molecular complexity index is 461. The lowest BCUT2D eigenvalue weighted by molar-refractivity contribution is 0.0948. The maximum absolute atomic E-state index is 12.2. The summed E-state index contributed by atoms with van der Waals surface area (Å²) in [5, 5.41) is 6.24. The van der Waals surface area contributed by atoms with E-state index in [0.717, 1.165) is 32.7 Å². The molecule has 0 aromatic heterocycles. The highest BCUT2D eigenvalue weighted by atomic mass is 16.1. The zero-order valence-corrected chi connectivity index (χ0v) is 15.1. The molecule has 0 saturated heterocycles. The lowest BCUT2D eigenvalue weighted by Crippen LogP contribution is -2.41. The van der Waals surface area contributed by atoms with Crippen LogP contribution in [0, 0.1) is 0 Å². The second-order valence-corrected chi connectivity index (χ2v) is 6.20. The highest BCUT2D eigenvalue weighted by Gasteiger charge is 2.08. The standard InChI is InChI=1S/C18H33N5O/c1-15(2)16-3-5-17(6-4-16)18(24)22-11-14-23(12-8-20)13-10-21-9-7-19/h3-6,15,21H,7-14,19-20H2,1-2H3,(H,22,24). The van der Waals surface area contributed by atoms with Crippen LogP contribution in [0.5, 0.6) is 0 Å². The zero-order valence-electron chi connectivity index (χ0n) is 15.1. The van der Waals surface area contributed by atoms with Gasteiger partial charge in [0.1, 0.15) is 0 Å². The van der Waals surface area contributed by atoms with Gasteiger partial charge in [0.15, 0.2) is 0 Å². The smallest absolute Gasteiger partial charge is 0.251 e. The summed E-state index contributed by atoms with van der Waals surface area (Å²) in [6.45, 7) is 10.4. The fraction of sp³-hybridized carbons (Fsp3) is 0.611. The summed E-state index contributed by atoms with van der Waals surface area (Å²) in [4.78, 5) is 14.4. The summed E-state index contributed by atoms with van der Waals surface area (Å²) >= 11 is 0. The molecule has 0 fully saturated rings. The molecule has 1 amide bonds. The van der Waals surface area contributed by atoms with Gasteiger partial charge in [-0.15, -0.1) is 0 Å². The average molecular weight is 335 g/mol. The number of amides is 1. The van der Waals surface area contributed by atoms with Crippen molar-refractivity contribution in [2.75, 3.05) is 52.4 Å². The topological polar surface area (TPSA) is 96.4 Å². The van der Waals surface area contributed by atoms with Gasteiger partial charge in [-0.3, -0.25) is 9.69 Å². The molecule has 0 aliphatic heterocycles. The Labute approximate surface area is 146 Å². The van der Waals surface area contributed by atoms with Crippen molar-refractivity contribution in [1.29, 1.82) is 0 Å². The van der Waals surface area contributed by atoms with Crippen LogP contribution >= 0.6 is 0 Å². The van der Waals surface area contributed by atoms with Crippen LogP contribution in [0.4, 0.5) is 0 Å². The second kappa shape index (κ2) is 12.0. The highest BCUT2D eigenvalue weighted by Crippen LogP contribution is 2.14. The number of nitrogens with two attached hydrogens (primary N) is 2. The molecule has 1 aromatic rings. The third-order valence-corrected chi connectivity index (χ3v) is 3.92. The fourth-order valence-electron chi connectivity index (χ4n) is 2.43. The maximum atomic E-state index is 12.2. The molecule has 0 spiro atoms. The number of carbonyl (C=O) groups excluding carboxylic acids is 1. The van der Waals surface area contributed by atoms with E-state index in [1.54, 1.807) is 0 Å². The predicted octanol–water partition coefficient (Wildman–Crippen LogP) is 0.349. The quantitative estimate of drug-likeness (QED) is 0.413. The second-order valence-electron chi connectivity index (χ2n) is 6.20. The van der Waals surface area contributed by atoms with E-state index in [1.807, 2.05) is 24.3 Å². The molecule has 6 N–H and O–H groups in total. The molecule has 0 radical (unpaired) electrons. The van der Waals surface area contributed by atoms with Crippen LogP contribution in [0.25, 0.3) is 0 Å². The Morgan fingerprint density at radius 1 is 1.00 bits per heavy atom. The van der Waals surface area contributed by atoms with Crippen LogP contribution in [-0.4, -0.2) is 63.2 Å². The third kappa shape index (κ3) is 7.88. The van der Waals surface area contributed by atoms with Gasteiger partial charge < -0.3 is 22.1 Å². The van der Waals surface area contributed by atoms with E-state index >= 15 is 0 Å². The van der Waals surface area contributed by atoms with Crippen LogP contribution in [0.15, 0.2) is 24.3 Å². The molecular formula is C18H33N5O. The van der Waals surface area contributed by atoms with Gasteiger partial charge in [-0.1, -0.05) is 26.0 Å². The van der Waals surface area contributed by atoms with Crippen LogP contribution in [-0.2, 0) is 0 Å². The Kier molecular flexibility index (Phi) is 10.3. The SMILES string of the molecule is CC(C)c1ccc(C(=O)NCCN(CCN)CCNCCN)cc1. The lowest BCUT2D eigenvalue weighted by Gasteiger charge is -2.22. The van der Waals surface area contributed by atoms with Gasteiger partial charge in [-0.05, 0) is 23.6 Å². The van der Waals surface area contributed by atoms with Crippen molar-refractivity contribution in [2.24, 2.45) is 11.5 Å². The van der Waals surface area contributed by atoms with Gasteiger partial charge in [0, 0.05) is 57.9 Å². The largest absolute Gasteiger partial charge is 0.351 e. The molecule has 0 aliphatic rings. The van der Waals surface area contributed by atoms with Crippen LogP contribution in [0.2, 0.25) is 0 Å². The first-order chi connectivity index (χ1) is 11.6. The zero-order chi connectivity index (χ0) is 17.8. The van der Waals surface area contributed by atoms with Gasteiger partial charge in [-0.25, -0.2) is 0 Å². The first-order valence-electron chi connectivity index (χ1n) is 8.79. The summed E-state index contributed by atoms with van der Waals surface area (Å²) in [6, 6.07) is 7.81. The molecule has 0 heterocycles. The Hall–Kier alpha value is -1.47. The van der Waals surface area contributed by atoms with E-state index in [0.29, 0.717) is 31.1 Å². The number of hydrogen-bond acceptors (Lipinski definition) is 5. The number of rotatable bonds is 12. The summed E-state index contributed by atoms with van der Waals surface area (Å²) in [5.74, 6) is 0.444. The average Bonchev–Trinajstić information content (AvgIpc) is 2.58. The van der Waals surface area contributed by atoms with E-state index in [1.165, 1.54) is 5.56 Å². The Morgan fingerprint density at radius 2 is 1.67 bits per heavy atom. The van der Waals surface area contributed by atoms with Crippen molar-refractivity contribution >= 4 is 5.91 Å². The number of nitrogens with zero attached hydrogens (tertiary/aromatic N) is 1. The Morgan fingerprint density at radius 3 is 2.25 bits per heavy atom. The monoisotopic (exact) mass is 335 g/mol. The fourth-order valence-corrected chi connectivity index (χ4v) is 2.43. The van der Waals surface area contributed by atoms with Gasteiger partial charge in [0.05, 0.1) is 0 Å². The first kappa shape index (κ1) is 20.6. The van der Waals surface area contributed by atoms with Gasteiger partial charge >= 0.3 is 0 Å². The Balaban J connectivity index is 2.35. The number of nitrogens with one attached hydrogen (secondary N) is 2. The molecule has 6 heteroatoms. The maximum Gasteiger partial charge on any atom is 0.251 e. The molecule has 0 aliphatic carbocycles. The van der Waals surface area contributed by atoms with Crippen molar-refractivity contribution < 1.29 is 4.79 Å². The van der Waals surface area contributed by atoms with Crippen LogP contribution in [0.3, 0.4) is 0 Å². The number of hydrogen-bond donors (Lipinski definition) is 4. The number of benzene rings is 1. The van der Waals surface area contributed by atoms with Gasteiger partial charge in [-0.2, -0.15) is 0 Å². The minimum atomic E-state index is -0.0285. The molecule has 0 atom stereocenters. The van der Waals surface area contributed by atoms with Gasteiger partial charge in [0.2, 0.25) is 0 Å². The molecule has 1 aromatic carbocycles. The minimum absolute atomic E-state index is 0.0285. The van der Waals surface area contributed by atoms with Crippen LogP contribution in [0.1, 0.15) is 35.7 Å². The first-order valence-corrected chi connectivity index (χ1v) is 8.79. The van der Waals surface area contributed by atoms with Crippen molar-refractivity contribution in [3.63, 3.8) is 0 Å². The van der Waals surface area contributed by atoms with Crippen molar-refractivity contribution in [2.45, 2.75) is 19.8 Å². The molecule has 0 unspecified atom stereocenters.